The van der Waals surface area contributed by atoms with E-state index in [1.165, 1.54) is 12.8 Å². The number of nitrogens with zero attached hydrogens (tertiary/aromatic N) is 1. The molecule has 2 fully saturated rings. The number of fused-ring (bicyclic) bond motifs is 2. The lowest BCUT2D eigenvalue weighted by molar-refractivity contribution is 0.0724. The molecule has 0 bridgehead atoms. The van der Waals surface area contributed by atoms with Crippen molar-refractivity contribution in [2.45, 2.75) is 31.7 Å². The molecule has 23 heavy (non-hydrogen) atoms. The number of carbonyl (C=O) groups excluding carboxylic acids is 1. The Morgan fingerprint density at radius 3 is 2.70 bits per heavy atom. The highest BCUT2D eigenvalue weighted by atomic mass is 16.5. The molecule has 1 amide bonds. The highest BCUT2D eigenvalue weighted by molar-refractivity contribution is 5.99. The summed E-state index contributed by atoms with van der Waals surface area (Å²) < 4.78 is 10.7. The summed E-state index contributed by atoms with van der Waals surface area (Å²) in [5, 5.41) is 0.966. The zero-order chi connectivity index (χ0) is 16.0. The van der Waals surface area contributed by atoms with E-state index in [1.807, 2.05) is 18.2 Å². The fourth-order valence-corrected chi connectivity index (χ4v) is 4.22. The number of nitrogens with one attached hydrogen (secondary N) is 1. The third-order valence-corrected chi connectivity index (χ3v) is 5.38. The Balaban J connectivity index is 1.67. The van der Waals surface area contributed by atoms with Crippen LogP contribution < -0.4 is 9.47 Å². The summed E-state index contributed by atoms with van der Waals surface area (Å²) in [5.74, 6) is 2.17. The molecule has 4 rings (SSSR count). The first-order chi connectivity index (χ1) is 11.2. The molecule has 0 unspecified atom stereocenters. The Hall–Kier alpha value is -2.17. The van der Waals surface area contributed by atoms with Gasteiger partial charge in [-0.05, 0) is 37.3 Å². The van der Waals surface area contributed by atoms with E-state index >= 15 is 0 Å². The van der Waals surface area contributed by atoms with Crippen LogP contribution in [0.4, 0.5) is 0 Å². The maximum Gasteiger partial charge on any atom is 0.270 e. The lowest BCUT2D eigenvalue weighted by Gasteiger charge is -2.23. The Morgan fingerprint density at radius 2 is 1.91 bits per heavy atom. The molecule has 1 saturated carbocycles. The van der Waals surface area contributed by atoms with E-state index in [0.717, 1.165) is 30.3 Å². The highest BCUT2D eigenvalue weighted by Gasteiger charge is 2.40. The van der Waals surface area contributed by atoms with Gasteiger partial charge in [0.1, 0.15) is 5.69 Å². The Bertz CT molecular complexity index is 711. The van der Waals surface area contributed by atoms with Crippen LogP contribution in [-0.2, 0) is 0 Å². The number of rotatable bonds is 3. The van der Waals surface area contributed by atoms with Crippen LogP contribution in [0.2, 0.25) is 0 Å². The lowest BCUT2D eigenvalue weighted by atomic mass is 10.0. The second-order valence-electron chi connectivity index (χ2n) is 6.52. The largest absolute Gasteiger partial charge is 0.493 e. The van der Waals surface area contributed by atoms with E-state index in [0.29, 0.717) is 29.2 Å². The predicted molar refractivity (Wildman–Crippen MR) is 88.2 cm³/mol. The number of aromatic nitrogens is 1. The van der Waals surface area contributed by atoms with Gasteiger partial charge in [-0.25, -0.2) is 0 Å². The molecule has 0 radical (unpaired) electrons. The zero-order valence-corrected chi connectivity index (χ0v) is 13.6. The number of benzene rings is 1. The van der Waals surface area contributed by atoms with Crippen molar-refractivity contribution in [3.63, 3.8) is 0 Å². The van der Waals surface area contributed by atoms with Crippen LogP contribution in [0, 0.1) is 5.92 Å². The Kier molecular flexibility index (Phi) is 3.43. The minimum atomic E-state index is 0.119. The maximum atomic E-state index is 12.9. The monoisotopic (exact) mass is 314 g/mol. The van der Waals surface area contributed by atoms with Crippen LogP contribution in [0.1, 0.15) is 36.2 Å². The molecule has 2 heterocycles. The third-order valence-electron chi connectivity index (χ3n) is 5.38. The molecule has 1 saturated heterocycles. The minimum Gasteiger partial charge on any atom is -0.493 e. The average molecular weight is 314 g/mol. The number of hydrogen-bond donors (Lipinski definition) is 1. The van der Waals surface area contributed by atoms with Crippen molar-refractivity contribution in [3.8, 4) is 11.5 Å². The van der Waals surface area contributed by atoms with Crippen LogP contribution in [0.25, 0.3) is 10.9 Å². The molecular weight excluding hydrogens is 292 g/mol. The van der Waals surface area contributed by atoms with Gasteiger partial charge in [-0.2, -0.15) is 0 Å². The van der Waals surface area contributed by atoms with Gasteiger partial charge < -0.3 is 19.4 Å². The molecule has 1 aliphatic heterocycles. The minimum absolute atomic E-state index is 0.119. The number of ether oxygens (including phenoxy) is 2. The molecule has 2 aliphatic rings. The molecule has 1 aromatic heterocycles. The number of likely N-dealkylation sites (tertiary alicyclic amines) is 1. The van der Waals surface area contributed by atoms with E-state index in [1.54, 1.807) is 14.2 Å². The third kappa shape index (κ3) is 2.26. The molecule has 1 aromatic carbocycles. The van der Waals surface area contributed by atoms with Crippen molar-refractivity contribution in [3.05, 3.63) is 23.9 Å². The van der Waals surface area contributed by atoms with E-state index in [9.17, 15) is 4.79 Å². The molecule has 5 heteroatoms. The van der Waals surface area contributed by atoms with E-state index < -0.39 is 0 Å². The molecular formula is C18H22N2O3. The first kappa shape index (κ1) is 14.4. The molecule has 1 aliphatic carbocycles. The number of methoxy groups -OCH3 is 2. The average Bonchev–Trinajstić information content (AvgIpc) is 3.26. The fraction of sp³-hybridized carbons (Fsp3) is 0.500. The predicted octanol–water partition coefficient (Wildman–Crippen LogP) is 3.20. The van der Waals surface area contributed by atoms with Crippen LogP contribution in [0.3, 0.4) is 0 Å². The molecule has 5 nitrogen and oxygen atoms in total. The van der Waals surface area contributed by atoms with Crippen LogP contribution in [0.15, 0.2) is 18.2 Å². The summed E-state index contributed by atoms with van der Waals surface area (Å²) in [7, 11) is 3.23. The second kappa shape index (κ2) is 5.48. The lowest BCUT2D eigenvalue weighted by Crippen LogP contribution is -2.36. The number of carbonyl (C=O) groups is 1. The van der Waals surface area contributed by atoms with Gasteiger partial charge >= 0.3 is 0 Å². The van der Waals surface area contributed by atoms with Crippen molar-refractivity contribution in [2.24, 2.45) is 5.92 Å². The Labute approximate surface area is 135 Å². The Morgan fingerprint density at radius 1 is 1.13 bits per heavy atom. The number of hydrogen-bond acceptors (Lipinski definition) is 3. The van der Waals surface area contributed by atoms with Crippen molar-refractivity contribution in [1.29, 1.82) is 0 Å². The first-order valence-corrected chi connectivity index (χ1v) is 8.27. The number of amides is 1. The van der Waals surface area contributed by atoms with Gasteiger partial charge in [-0.15, -0.1) is 0 Å². The summed E-state index contributed by atoms with van der Waals surface area (Å²) in [6, 6.07) is 6.15. The van der Waals surface area contributed by atoms with Gasteiger partial charge in [0.15, 0.2) is 11.5 Å². The fourth-order valence-electron chi connectivity index (χ4n) is 4.22. The van der Waals surface area contributed by atoms with Crippen LogP contribution in [-0.4, -0.2) is 42.6 Å². The molecule has 0 spiro atoms. The highest BCUT2D eigenvalue weighted by Crippen LogP contribution is 2.39. The van der Waals surface area contributed by atoms with Gasteiger partial charge in [0.25, 0.3) is 5.91 Å². The summed E-state index contributed by atoms with van der Waals surface area (Å²) in [6.45, 7) is 0.885. The van der Waals surface area contributed by atoms with Crippen molar-refractivity contribution in [1.82, 2.24) is 9.88 Å². The topological polar surface area (TPSA) is 54.6 Å². The zero-order valence-electron chi connectivity index (χ0n) is 13.6. The van der Waals surface area contributed by atoms with Gasteiger partial charge in [0.05, 0.1) is 14.2 Å². The second-order valence-corrected chi connectivity index (χ2v) is 6.52. The quantitative estimate of drug-likeness (QED) is 0.946. The van der Waals surface area contributed by atoms with Crippen molar-refractivity contribution in [2.75, 3.05) is 20.8 Å². The number of H-pyrrole nitrogens is 1. The van der Waals surface area contributed by atoms with Crippen LogP contribution >= 0.6 is 0 Å². The smallest absolute Gasteiger partial charge is 0.270 e. The van der Waals surface area contributed by atoms with Gasteiger partial charge in [-0.1, -0.05) is 6.42 Å². The van der Waals surface area contributed by atoms with Crippen molar-refractivity contribution >= 4 is 16.8 Å². The molecule has 2 aromatic rings. The summed E-state index contributed by atoms with van der Waals surface area (Å²) in [6.07, 6.45) is 4.83. The maximum absolute atomic E-state index is 12.9. The van der Waals surface area contributed by atoms with E-state index in [2.05, 4.69) is 9.88 Å². The molecule has 1 N–H and O–H groups in total. The van der Waals surface area contributed by atoms with Crippen molar-refractivity contribution < 1.29 is 14.3 Å². The summed E-state index contributed by atoms with van der Waals surface area (Å²) in [5.41, 5.74) is 1.55. The van der Waals surface area contributed by atoms with Gasteiger partial charge in [0, 0.05) is 29.6 Å². The standard InChI is InChI=1S/C18H22N2O3/c1-22-16-9-12-8-14(19-13(12)10-17(16)23-2)18(21)20-7-6-11-4-3-5-15(11)20/h8-11,15,19H,3-7H2,1-2H3/t11-,15-/m0/s1. The number of aromatic amines is 1. The van der Waals surface area contributed by atoms with E-state index in [4.69, 9.17) is 9.47 Å². The summed E-state index contributed by atoms with van der Waals surface area (Å²) in [4.78, 5) is 18.2. The normalized spacial score (nSPS) is 23.3. The molecule has 122 valence electrons. The van der Waals surface area contributed by atoms with Crippen LogP contribution in [0.5, 0.6) is 11.5 Å². The molecule has 2 atom stereocenters. The van der Waals surface area contributed by atoms with E-state index in [-0.39, 0.29) is 5.91 Å². The SMILES string of the molecule is COc1cc2cc(C(=O)N3CC[C@@H]4CCC[C@@H]43)[nH]c2cc1OC. The first-order valence-electron chi connectivity index (χ1n) is 8.27. The van der Waals surface area contributed by atoms with Gasteiger partial charge in [0.2, 0.25) is 0 Å². The summed E-state index contributed by atoms with van der Waals surface area (Å²) >= 11 is 0. The van der Waals surface area contributed by atoms with Gasteiger partial charge in [-0.3, -0.25) is 4.79 Å².